The molecule has 3 aliphatic rings. The monoisotopic (exact) mass is 314 g/mol. The molecule has 0 N–H and O–H groups in total. The molecule has 1 nitrogen and oxygen atoms in total. The predicted molar refractivity (Wildman–Crippen MR) is 98.0 cm³/mol. The van der Waals surface area contributed by atoms with E-state index >= 15 is 0 Å². The number of ether oxygens (including phenoxy) is 1. The lowest BCUT2D eigenvalue weighted by molar-refractivity contribution is 0.313. The van der Waals surface area contributed by atoms with E-state index in [2.05, 4.69) is 54.6 Å². The molecule has 0 saturated carbocycles. The highest BCUT2D eigenvalue weighted by Gasteiger charge is 2.29. The second-order valence-electron chi connectivity index (χ2n) is 7.27. The summed E-state index contributed by atoms with van der Waals surface area (Å²) < 4.78 is 6.30. The second-order valence-corrected chi connectivity index (χ2v) is 7.27. The van der Waals surface area contributed by atoms with Gasteiger partial charge in [-0.15, -0.1) is 0 Å². The fourth-order valence-electron chi connectivity index (χ4n) is 4.37. The maximum absolute atomic E-state index is 6.30. The molecule has 1 heteroatoms. The van der Waals surface area contributed by atoms with Crippen LogP contribution in [0.4, 0.5) is 0 Å². The molecule has 0 fully saturated rings. The molecule has 1 aliphatic heterocycles. The van der Waals surface area contributed by atoms with Crippen molar-refractivity contribution in [2.75, 3.05) is 0 Å². The number of fused-ring (bicyclic) bond motifs is 3. The Kier molecular flexibility index (Phi) is 3.33. The number of hydrogen-bond donors (Lipinski definition) is 0. The normalized spacial score (nSPS) is 21.6. The molecule has 5 rings (SSSR count). The molecule has 0 radical (unpaired) electrons. The van der Waals surface area contributed by atoms with Crippen LogP contribution in [0.15, 0.2) is 60.4 Å². The number of hydrogen-bond acceptors (Lipinski definition) is 1. The van der Waals surface area contributed by atoms with Gasteiger partial charge in [0.05, 0.1) is 0 Å². The molecule has 24 heavy (non-hydrogen) atoms. The molecule has 0 spiro atoms. The zero-order valence-electron chi connectivity index (χ0n) is 13.9. The van der Waals surface area contributed by atoms with Crippen LogP contribution < -0.4 is 4.74 Å². The van der Waals surface area contributed by atoms with Crippen LogP contribution in [0.3, 0.4) is 0 Å². The summed E-state index contributed by atoms with van der Waals surface area (Å²) in [5, 5.41) is 0. The van der Waals surface area contributed by atoms with Gasteiger partial charge in [-0.3, -0.25) is 0 Å². The van der Waals surface area contributed by atoms with Crippen molar-refractivity contribution in [3.05, 3.63) is 82.6 Å². The smallest absolute Gasteiger partial charge is 0.130 e. The first-order chi connectivity index (χ1) is 11.9. The Labute approximate surface area is 143 Å². The van der Waals surface area contributed by atoms with Gasteiger partial charge in [0.15, 0.2) is 0 Å². The minimum atomic E-state index is 0.486. The van der Waals surface area contributed by atoms with E-state index < -0.39 is 0 Å². The van der Waals surface area contributed by atoms with E-state index in [9.17, 15) is 0 Å². The van der Waals surface area contributed by atoms with Crippen LogP contribution >= 0.6 is 0 Å². The van der Waals surface area contributed by atoms with Crippen LogP contribution in [-0.4, -0.2) is 0 Å². The highest BCUT2D eigenvalue weighted by atomic mass is 16.5. The summed E-state index contributed by atoms with van der Waals surface area (Å²) in [6.07, 6.45) is 11.7. The molecular weight excluding hydrogens is 292 g/mol. The number of aryl methyl sites for hydroxylation is 2. The van der Waals surface area contributed by atoms with Crippen molar-refractivity contribution >= 4 is 5.57 Å². The second kappa shape index (κ2) is 5.66. The van der Waals surface area contributed by atoms with Gasteiger partial charge in [-0.1, -0.05) is 42.5 Å². The topological polar surface area (TPSA) is 9.23 Å². The zero-order chi connectivity index (χ0) is 15.9. The standard InChI is InChI=1S/C23H22O/c1-2-6-16(7-3-1)19-10-11-22-20(13-19)14-21-12-17-8-4-5-9-18(17)15-23(21)24-22/h1-3,6-7,10-12,15,20H,4-5,8-9,13-14H2. The van der Waals surface area contributed by atoms with Crippen molar-refractivity contribution in [1.29, 1.82) is 0 Å². The molecule has 0 amide bonds. The van der Waals surface area contributed by atoms with E-state index in [1.807, 2.05) is 0 Å². The molecule has 1 unspecified atom stereocenters. The maximum Gasteiger partial charge on any atom is 0.130 e. The lowest BCUT2D eigenvalue weighted by Gasteiger charge is -2.32. The van der Waals surface area contributed by atoms with E-state index in [1.54, 1.807) is 5.56 Å². The van der Waals surface area contributed by atoms with Crippen LogP contribution in [0, 0.1) is 5.92 Å². The number of benzene rings is 2. The highest BCUT2D eigenvalue weighted by Crippen LogP contribution is 2.42. The van der Waals surface area contributed by atoms with Gasteiger partial charge in [0.25, 0.3) is 0 Å². The summed E-state index contributed by atoms with van der Waals surface area (Å²) in [5.41, 5.74) is 7.24. The largest absolute Gasteiger partial charge is 0.461 e. The fraction of sp³-hybridized carbons (Fsp3) is 0.304. The maximum atomic E-state index is 6.30. The summed E-state index contributed by atoms with van der Waals surface area (Å²) in [4.78, 5) is 0. The Morgan fingerprint density at radius 3 is 2.42 bits per heavy atom. The molecule has 120 valence electrons. The van der Waals surface area contributed by atoms with E-state index in [1.165, 1.54) is 47.9 Å². The van der Waals surface area contributed by atoms with Crippen molar-refractivity contribution in [2.45, 2.75) is 38.5 Å². The minimum Gasteiger partial charge on any atom is -0.461 e. The average Bonchev–Trinajstić information content (AvgIpc) is 2.65. The molecule has 0 saturated heterocycles. The Morgan fingerprint density at radius 2 is 1.58 bits per heavy atom. The molecule has 2 aromatic carbocycles. The first-order valence-electron chi connectivity index (χ1n) is 9.15. The quantitative estimate of drug-likeness (QED) is 0.676. The lowest BCUT2D eigenvalue weighted by Crippen LogP contribution is -2.22. The van der Waals surface area contributed by atoms with Crippen LogP contribution in [0.5, 0.6) is 5.75 Å². The third-order valence-corrected chi connectivity index (χ3v) is 5.68. The molecule has 2 aromatic rings. The fourth-order valence-corrected chi connectivity index (χ4v) is 4.37. The predicted octanol–water partition coefficient (Wildman–Crippen LogP) is 5.49. The van der Waals surface area contributed by atoms with Crippen LogP contribution in [0.1, 0.15) is 41.5 Å². The Bertz CT molecular complexity index is 842. The summed E-state index contributed by atoms with van der Waals surface area (Å²) in [7, 11) is 0. The van der Waals surface area contributed by atoms with E-state index in [0.717, 1.165) is 24.4 Å². The Morgan fingerprint density at radius 1 is 0.792 bits per heavy atom. The van der Waals surface area contributed by atoms with Gasteiger partial charge >= 0.3 is 0 Å². The molecule has 0 bridgehead atoms. The molecule has 1 atom stereocenters. The number of allylic oxidation sites excluding steroid dienone is 4. The van der Waals surface area contributed by atoms with E-state index in [-0.39, 0.29) is 0 Å². The summed E-state index contributed by atoms with van der Waals surface area (Å²) in [6.45, 7) is 0. The third-order valence-electron chi connectivity index (χ3n) is 5.68. The molecule has 1 heterocycles. The van der Waals surface area contributed by atoms with Crippen LogP contribution in [-0.2, 0) is 19.3 Å². The van der Waals surface area contributed by atoms with Crippen LogP contribution in [0.25, 0.3) is 5.57 Å². The molecule has 2 aliphatic carbocycles. The van der Waals surface area contributed by atoms with E-state index in [4.69, 9.17) is 4.74 Å². The van der Waals surface area contributed by atoms with Crippen molar-refractivity contribution in [3.8, 4) is 5.75 Å². The van der Waals surface area contributed by atoms with Crippen LogP contribution in [0.2, 0.25) is 0 Å². The summed E-state index contributed by atoms with van der Waals surface area (Å²) in [5.74, 6) is 2.74. The zero-order valence-corrected chi connectivity index (χ0v) is 13.9. The Hall–Kier alpha value is -2.28. The van der Waals surface area contributed by atoms with Gasteiger partial charge in [0, 0.05) is 5.92 Å². The van der Waals surface area contributed by atoms with Crippen molar-refractivity contribution in [1.82, 2.24) is 0 Å². The minimum absolute atomic E-state index is 0.486. The van der Waals surface area contributed by atoms with Crippen molar-refractivity contribution in [3.63, 3.8) is 0 Å². The molecule has 0 aromatic heterocycles. The van der Waals surface area contributed by atoms with Gasteiger partial charge in [-0.25, -0.2) is 0 Å². The Balaban J connectivity index is 1.48. The van der Waals surface area contributed by atoms with Gasteiger partial charge in [0.1, 0.15) is 11.5 Å². The summed E-state index contributed by atoms with van der Waals surface area (Å²) in [6, 6.07) is 15.5. The van der Waals surface area contributed by atoms with Gasteiger partial charge < -0.3 is 4.74 Å². The van der Waals surface area contributed by atoms with Crippen molar-refractivity contribution in [2.24, 2.45) is 5.92 Å². The van der Waals surface area contributed by atoms with Gasteiger partial charge in [-0.2, -0.15) is 0 Å². The first kappa shape index (κ1) is 14.1. The van der Waals surface area contributed by atoms with Gasteiger partial charge in [0.2, 0.25) is 0 Å². The van der Waals surface area contributed by atoms with Crippen molar-refractivity contribution < 1.29 is 4.74 Å². The average molecular weight is 314 g/mol. The SMILES string of the molecule is C1=C(c2ccccc2)CC2Cc3cc4c(cc3OC2=C1)CCCC4. The van der Waals surface area contributed by atoms with E-state index in [0.29, 0.717) is 5.92 Å². The molecular formula is C23H22O. The third kappa shape index (κ3) is 2.39. The summed E-state index contributed by atoms with van der Waals surface area (Å²) >= 11 is 0. The number of rotatable bonds is 1. The first-order valence-corrected chi connectivity index (χ1v) is 9.15. The lowest BCUT2D eigenvalue weighted by atomic mass is 9.81. The van der Waals surface area contributed by atoms with Gasteiger partial charge in [-0.05, 0) is 78.5 Å². The highest BCUT2D eigenvalue weighted by molar-refractivity contribution is 5.69.